The fourth-order valence-corrected chi connectivity index (χ4v) is 3.95. The molecule has 1 aliphatic rings. The summed E-state index contributed by atoms with van der Waals surface area (Å²) < 4.78 is 5.34. The zero-order chi connectivity index (χ0) is 21.9. The van der Waals surface area contributed by atoms with Gasteiger partial charge in [0.2, 0.25) is 5.91 Å². The second-order valence-corrected chi connectivity index (χ2v) is 8.06. The molecule has 3 rings (SSSR count). The molecule has 0 radical (unpaired) electrons. The Morgan fingerprint density at radius 2 is 2.00 bits per heavy atom. The van der Waals surface area contributed by atoms with Gasteiger partial charge in [0.15, 0.2) is 0 Å². The lowest BCUT2D eigenvalue weighted by Crippen LogP contribution is -2.68. The molecule has 8 heteroatoms. The highest BCUT2D eigenvalue weighted by Crippen LogP contribution is 2.40. The summed E-state index contributed by atoms with van der Waals surface area (Å²) in [7, 11) is 1.51. The lowest BCUT2D eigenvalue weighted by molar-refractivity contribution is -0.126. The van der Waals surface area contributed by atoms with E-state index in [1.54, 1.807) is 11.0 Å². The van der Waals surface area contributed by atoms with E-state index in [1.165, 1.54) is 13.3 Å². The van der Waals surface area contributed by atoms with Gasteiger partial charge in [0.05, 0.1) is 13.3 Å². The maximum Gasteiger partial charge on any atom is 0.317 e. The van der Waals surface area contributed by atoms with Crippen LogP contribution in [0.25, 0.3) is 0 Å². The van der Waals surface area contributed by atoms with Crippen molar-refractivity contribution in [3.63, 3.8) is 0 Å². The van der Waals surface area contributed by atoms with E-state index in [0.717, 1.165) is 11.1 Å². The number of likely N-dealkylation sites (tertiary alicyclic amines) is 1. The molecule has 0 saturated carbocycles. The van der Waals surface area contributed by atoms with Crippen molar-refractivity contribution >= 4 is 29.2 Å². The number of carbonyl (C=O) groups excluding carboxylic acids is 2. The van der Waals surface area contributed by atoms with Gasteiger partial charge >= 0.3 is 6.03 Å². The van der Waals surface area contributed by atoms with Gasteiger partial charge < -0.3 is 20.3 Å². The van der Waals surface area contributed by atoms with E-state index < -0.39 is 5.41 Å². The van der Waals surface area contributed by atoms with Gasteiger partial charge in [-0.2, -0.15) is 0 Å². The van der Waals surface area contributed by atoms with Crippen molar-refractivity contribution < 1.29 is 14.3 Å². The van der Waals surface area contributed by atoms with Crippen LogP contribution in [-0.4, -0.2) is 48.6 Å². The first-order chi connectivity index (χ1) is 14.3. The summed E-state index contributed by atoms with van der Waals surface area (Å²) >= 11 is 5.94. The summed E-state index contributed by atoms with van der Waals surface area (Å²) in [5.74, 6) is 0.449. The van der Waals surface area contributed by atoms with Crippen molar-refractivity contribution in [2.75, 3.05) is 32.1 Å². The Balaban J connectivity index is 1.98. The van der Waals surface area contributed by atoms with Crippen molar-refractivity contribution in [1.29, 1.82) is 0 Å². The SMILES string of the molecule is CCNC(=O)N1CC(C(=O)Nc2cnc(Cl)cc2OC)(c2ccccc2C(C)C)C1. The zero-order valence-corrected chi connectivity index (χ0v) is 18.4. The number of urea groups is 1. The number of aromatic nitrogens is 1. The molecular formula is C22H27ClN4O3. The van der Waals surface area contributed by atoms with Crippen LogP contribution in [0.1, 0.15) is 37.8 Å². The molecule has 0 unspecified atom stereocenters. The summed E-state index contributed by atoms with van der Waals surface area (Å²) in [5, 5.41) is 6.02. The fraction of sp³-hybridized carbons (Fsp3) is 0.409. The molecule has 1 fully saturated rings. The predicted octanol–water partition coefficient (Wildman–Crippen LogP) is 3.79. The smallest absolute Gasteiger partial charge is 0.317 e. The molecule has 160 valence electrons. The van der Waals surface area contributed by atoms with Crippen molar-refractivity contribution in [2.45, 2.75) is 32.1 Å². The molecule has 0 atom stereocenters. The van der Waals surface area contributed by atoms with Crippen LogP contribution in [0.15, 0.2) is 36.5 Å². The van der Waals surface area contributed by atoms with Gasteiger partial charge in [-0.1, -0.05) is 49.7 Å². The average Bonchev–Trinajstić information content (AvgIpc) is 2.69. The molecule has 1 aromatic heterocycles. The predicted molar refractivity (Wildman–Crippen MR) is 117 cm³/mol. The number of nitrogens with zero attached hydrogens (tertiary/aromatic N) is 2. The maximum absolute atomic E-state index is 13.6. The third-order valence-corrected chi connectivity index (χ3v) is 5.58. The van der Waals surface area contributed by atoms with Gasteiger partial charge in [-0.15, -0.1) is 0 Å². The number of methoxy groups -OCH3 is 1. The van der Waals surface area contributed by atoms with Crippen LogP contribution < -0.4 is 15.4 Å². The molecule has 0 spiro atoms. The summed E-state index contributed by atoms with van der Waals surface area (Å²) in [4.78, 5) is 31.6. The van der Waals surface area contributed by atoms with Gasteiger partial charge in [-0.3, -0.25) is 4.79 Å². The number of nitrogens with one attached hydrogen (secondary N) is 2. The number of hydrogen-bond acceptors (Lipinski definition) is 4. The Labute approximate surface area is 181 Å². The number of hydrogen-bond donors (Lipinski definition) is 2. The number of rotatable bonds is 6. The Morgan fingerprint density at radius 3 is 2.63 bits per heavy atom. The van der Waals surface area contributed by atoms with E-state index in [0.29, 0.717) is 18.0 Å². The molecule has 30 heavy (non-hydrogen) atoms. The van der Waals surface area contributed by atoms with Gasteiger partial charge in [-0.05, 0) is 24.0 Å². The molecule has 2 aromatic rings. The number of halogens is 1. The third-order valence-electron chi connectivity index (χ3n) is 5.37. The van der Waals surface area contributed by atoms with Crippen LogP contribution in [0.2, 0.25) is 5.15 Å². The lowest BCUT2D eigenvalue weighted by atomic mass is 9.69. The molecule has 7 nitrogen and oxygen atoms in total. The van der Waals surface area contributed by atoms with E-state index >= 15 is 0 Å². The van der Waals surface area contributed by atoms with Crippen LogP contribution in [-0.2, 0) is 10.2 Å². The molecular weight excluding hydrogens is 404 g/mol. The van der Waals surface area contributed by atoms with E-state index in [2.05, 4.69) is 29.5 Å². The highest BCUT2D eigenvalue weighted by molar-refractivity contribution is 6.29. The molecule has 0 bridgehead atoms. The number of anilines is 1. The van der Waals surface area contributed by atoms with E-state index in [-0.39, 0.29) is 36.1 Å². The van der Waals surface area contributed by atoms with E-state index in [9.17, 15) is 9.59 Å². The molecule has 2 heterocycles. The lowest BCUT2D eigenvalue weighted by Gasteiger charge is -2.49. The second-order valence-electron chi connectivity index (χ2n) is 7.68. The minimum atomic E-state index is -0.864. The molecule has 1 aromatic carbocycles. The third kappa shape index (κ3) is 4.07. The van der Waals surface area contributed by atoms with Crippen LogP contribution in [0, 0.1) is 0 Å². The Bertz CT molecular complexity index is 942. The van der Waals surface area contributed by atoms with Crippen LogP contribution in [0.3, 0.4) is 0 Å². The van der Waals surface area contributed by atoms with Crippen LogP contribution in [0.4, 0.5) is 10.5 Å². The average molecular weight is 431 g/mol. The molecule has 2 N–H and O–H groups in total. The van der Waals surface area contributed by atoms with Gasteiger partial charge in [0.25, 0.3) is 0 Å². The number of pyridine rings is 1. The summed E-state index contributed by atoms with van der Waals surface area (Å²) in [6.07, 6.45) is 1.47. The topological polar surface area (TPSA) is 83.6 Å². The van der Waals surface area contributed by atoms with Crippen LogP contribution in [0.5, 0.6) is 5.75 Å². The minimum absolute atomic E-state index is 0.173. The zero-order valence-electron chi connectivity index (χ0n) is 17.7. The standard InChI is InChI=1S/C22H27ClN4O3/c1-5-24-21(29)27-12-22(13-27,16-9-7-6-8-15(16)14(2)3)20(28)26-17-11-25-19(23)10-18(17)30-4/h6-11,14H,5,12-13H2,1-4H3,(H,24,29)(H,26,28). The van der Waals surface area contributed by atoms with Crippen LogP contribution >= 0.6 is 11.6 Å². The van der Waals surface area contributed by atoms with Crippen molar-refractivity contribution in [3.8, 4) is 5.75 Å². The number of benzene rings is 1. The fourth-order valence-electron chi connectivity index (χ4n) is 3.80. The molecule has 1 saturated heterocycles. The van der Waals surface area contributed by atoms with Gasteiger partial charge in [0.1, 0.15) is 22.0 Å². The maximum atomic E-state index is 13.6. The van der Waals surface area contributed by atoms with Crippen molar-refractivity contribution in [1.82, 2.24) is 15.2 Å². The van der Waals surface area contributed by atoms with Crippen molar-refractivity contribution in [3.05, 3.63) is 52.8 Å². The number of amides is 3. The number of carbonyl (C=O) groups is 2. The minimum Gasteiger partial charge on any atom is -0.494 e. The Hall–Kier alpha value is -2.80. The first-order valence-electron chi connectivity index (χ1n) is 9.95. The van der Waals surface area contributed by atoms with Gasteiger partial charge in [0, 0.05) is 25.7 Å². The monoisotopic (exact) mass is 430 g/mol. The molecule has 0 aliphatic carbocycles. The Morgan fingerprint density at radius 1 is 1.30 bits per heavy atom. The highest BCUT2D eigenvalue weighted by atomic mass is 35.5. The quantitative estimate of drug-likeness (QED) is 0.683. The largest absolute Gasteiger partial charge is 0.494 e. The first-order valence-corrected chi connectivity index (χ1v) is 10.3. The van der Waals surface area contributed by atoms with Crippen molar-refractivity contribution in [2.24, 2.45) is 0 Å². The first kappa shape index (κ1) is 21.9. The van der Waals surface area contributed by atoms with Gasteiger partial charge in [-0.25, -0.2) is 9.78 Å². The van der Waals surface area contributed by atoms with E-state index in [4.69, 9.17) is 16.3 Å². The Kier molecular flexibility index (Phi) is 6.51. The summed E-state index contributed by atoms with van der Waals surface area (Å²) in [6.45, 7) is 7.17. The number of ether oxygens (including phenoxy) is 1. The summed E-state index contributed by atoms with van der Waals surface area (Å²) in [5.41, 5.74) is 1.59. The molecule has 1 aliphatic heterocycles. The highest BCUT2D eigenvalue weighted by Gasteiger charge is 2.53. The summed E-state index contributed by atoms with van der Waals surface area (Å²) in [6, 6.07) is 9.28. The van der Waals surface area contributed by atoms with E-state index in [1.807, 2.05) is 31.2 Å². The normalized spacial score (nSPS) is 14.8. The second kappa shape index (κ2) is 8.92. The molecule has 3 amide bonds.